The van der Waals surface area contributed by atoms with Gasteiger partial charge in [-0.15, -0.1) is 11.6 Å². The van der Waals surface area contributed by atoms with Crippen molar-refractivity contribution < 1.29 is 0 Å². The van der Waals surface area contributed by atoms with Crippen molar-refractivity contribution in [1.29, 1.82) is 0 Å². The van der Waals surface area contributed by atoms with Gasteiger partial charge < -0.3 is 0 Å². The van der Waals surface area contributed by atoms with E-state index < -0.39 is 0 Å². The lowest BCUT2D eigenvalue weighted by atomic mass is 10.2. The van der Waals surface area contributed by atoms with Crippen molar-refractivity contribution in [2.45, 2.75) is 30.0 Å². The van der Waals surface area contributed by atoms with Gasteiger partial charge in [0.15, 0.2) is 0 Å². The molecule has 1 fully saturated rings. The number of rotatable bonds is 2. The number of hydrogen-bond donors (Lipinski definition) is 0. The van der Waals surface area contributed by atoms with Crippen LogP contribution in [0.1, 0.15) is 26.2 Å². The van der Waals surface area contributed by atoms with Crippen LogP contribution in [0.3, 0.4) is 0 Å². The first-order chi connectivity index (χ1) is 3.67. The molecule has 0 aromatic carbocycles. The molecule has 0 aromatic heterocycles. The standard InChI is InChI=1S/C6H10BrCl/c1-2-3-5-4-6(5,7)8/h5H,2-4H2,1H3. The minimum atomic E-state index is 0.00299. The van der Waals surface area contributed by atoms with Crippen LogP contribution in [0, 0.1) is 5.92 Å². The van der Waals surface area contributed by atoms with Crippen molar-refractivity contribution in [2.24, 2.45) is 5.92 Å². The molecule has 0 saturated heterocycles. The van der Waals surface area contributed by atoms with Gasteiger partial charge in [0.05, 0.1) is 0 Å². The van der Waals surface area contributed by atoms with Gasteiger partial charge >= 0.3 is 0 Å². The van der Waals surface area contributed by atoms with Crippen LogP contribution in [-0.4, -0.2) is 3.78 Å². The lowest BCUT2D eigenvalue weighted by Crippen LogP contribution is -1.86. The lowest BCUT2D eigenvalue weighted by molar-refractivity contribution is 0.704. The zero-order chi connectivity index (χ0) is 6.20. The molecule has 0 N–H and O–H groups in total. The molecular formula is C6H10BrCl. The van der Waals surface area contributed by atoms with Crippen molar-refractivity contribution in [3.05, 3.63) is 0 Å². The van der Waals surface area contributed by atoms with Crippen molar-refractivity contribution in [3.8, 4) is 0 Å². The van der Waals surface area contributed by atoms with Crippen molar-refractivity contribution in [3.63, 3.8) is 0 Å². The fourth-order valence-corrected chi connectivity index (χ4v) is 1.85. The third-order valence-electron chi connectivity index (χ3n) is 1.59. The van der Waals surface area contributed by atoms with E-state index in [-0.39, 0.29) is 3.78 Å². The number of hydrogen-bond acceptors (Lipinski definition) is 0. The fraction of sp³-hybridized carbons (Fsp3) is 1.00. The Morgan fingerprint density at radius 3 is 2.50 bits per heavy atom. The quantitative estimate of drug-likeness (QED) is 0.597. The highest BCUT2D eigenvalue weighted by Gasteiger charge is 2.49. The maximum atomic E-state index is 5.90. The molecular weight excluding hydrogens is 187 g/mol. The van der Waals surface area contributed by atoms with Crippen LogP contribution >= 0.6 is 27.5 Å². The molecule has 2 unspecified atom stereocenters. The second kappa shape index (κ2) is 2.18. The summed E-state index contributed by atoms with van der Waals surface area (Å²) in [5.41, 5.74) is 0. The van der Waals surface area contributed by atoms with Gasteiger partial charge in [-0.3, -0.25) is 0 Å². The predicted molar refractivity (Wildman–Crippen MR) is 40.5 cm³/mol. The Hall–Kier alpha value is 0.770. The fourth-order valence-electron chi connectivity index (χ4n) is 0.931. The Kier molecular flexibility index (Phi) is 1.88. The Morgan fingerprint density at radius 2 is 2.38 bits per heavy atom. The van der Waals surface area contributed by atoms with Crippen molar-refractivity contribution in [2.75, 3.05) is 0 Å². The highest BCUT2D eigenvalue weighted by atomic mass is 79.9. The van der Waals surface area contributed by atoms with Crippen LogP contribution in [-0.2, 0) is 0 Å². The number of alkyl halides is 2. The monoisotopic (exact) mass is 196 g/mol. The van der Waals surface area contributed by atoms with Crippen LogP contribution in [0.15, 0.2) is 0 Å². The summed E-state index contributed by atoms with van der Waals surface area (Å²) in [5, 5.41) is 0. The van der Waals surface area contributed by atoms with E-state index in [2.05, 4.69) is 22.9 Å². The van der Waals surface area contributed by atoms with Crippen LogP contribution in [0.4, 0.5) is 0 Å². The van der Waals surface area contributed by atoms with Gasteiger partial charge in [0.2, 0.25) is 0 Å². The van der Waals surface area contributed by atoms with Gasteiger partial charge in [-0.1, -0.05) is 29.3 Å². The van der Waals surface area contributed by atoms with Crippen LogP contribution in [0.2, 0.25) is 0 Å². The molecule has 2 atom stereocenters. The average Bonchev–Trinajstić information content (AvgIpc) is 2.15. The minimum Gasteiger partial charge on any atom is -0.106 e. The van der Waals surface area contributed by atoms with Crippen LogP contribution in [0.5, 0.6) is 0 Å². The Morgan fingerprint density at radius 1 is 1.88 bits per heavy atom. The maximum absolute atomic E-state index is 5.90. The van der Waals surface area contributed by atoms with E-state index in [4.69, 9.17) is 11.6 Å². The molecule has 1 aliphatic carbocycles. The molecule has 0 amide bonds. The molecule has 1 rings (SSSR count). The molecule has 0 spiro atoms. The van der Waals surface area contributed by atoms with E-state index >= 15 is 0 Å². The summed E-state index contributed by atoms with van der Waals surface area (Å²) < 4.78 is 0.00299. The van der Waals surface area contributed by atoms with Crippen LogP contribution < -0.4 is 0 Å². The predicted octanol–water partition coefficient (Wildman–Crippen LogP) is 3.14. The summed E-state index contributed by atoms with van der Waals surface area (Å²) in [6.45, 7) is 2.19. The summed E-state index contributed by atoms with van der Waals surface area (Å²) in [5.74, 6) is 0.745. The van der Waals surface area contributed by atoms with E-state index in [1.807, 2.05) is 0 Å². The molecule has 48 valence electrons. The zero-order valence-electron chi connectivity index (χ0n) is 4.95. The molecule has 0 aliphatic heterocycles. The van der Waals surface area contributed by atoms with Gasteiger partial charge in [-0.25, -0.2) is 0 Å². The van der Waals surface area contributed by atoms with Crippen LogP contribution in [0.25, 0.3) is 0 Å². The Bertz CT molecular complexity index is 90.5. The minimum absolute atomic E-state index is 0.00299. The van der Waals surface area contributed by atoms with E-state index in [1.165, 1.54) is 12.8 Å². The summed E-state index contributed by atoms with van der Waals surface area (Å²) in [4.78, 5) is 0. The van der Waals surface area contributed by atoms with Gasteiger partial charge in [-0.05, 0) is 18.8 Å². The molecule has 0 bridgehead atoms. The van der Waals surface area contributed by atoms with E-state index in [0.29, 0.717) is 0 Å². The Balaban J connectivity index is 2.17. The summed E-state index contributed by atoms with van der Waals surface area (Å²) >= 11 is 9.32. The third-order valence-corrected chi connectivity index (χ3v) is 3.03. The molecule has 1 saturated carbocycles. The topological polar surface area (TPSA) is 0 Å². The SMILES string of the molecule is CCCC1CC1(Cl)Br. The molecule has 2 heteroatoms. The van der Waals surface area contributed by atoms with E-state index in [9.17, 15) is 0 Å². The molecule has 1 aliphatic rings. The first-order valence-electron chi connectivity index (χ1n) is 3.04. The molecule has 0 heterocycles. The largest absolute Gasteiger partial charge is 0.106 e. The zero-order valence-corrected chi connectivity index (χ0v) is 7.30. The summed E-state index contributed by atoms with van der Waals surface area (Å²) in [6, 6.07) is 0. The molecule has 0 radical (unpaired) electrons. The molecule has 0 aromatic rings. The first-order valence-corrected chi connectivity index (χ1v) is 4.21. The van der Waals surface area contributed by atoms with Gasteiger partial charge in [0.25, 0.3) is 0 Å². The average molecular weight is 198 g/mol. The number of halogens is 2. The van der Waals surface area contributed by atoms with Gasteiger partial charge in [-0.2, -0.15) is 0 Å². The molecule has 8 heavy (non-hydrogen) atoms. The first kappa shape index (κ1) is 6.88. The normalized spacial score (nSPS) is 44.6. The smallest absolute Gasteiger partial charge is 0.102 e. The maximum Gasteiger partial charge on any atom is 0.102 e. The third kappa shape index (κ3) is 1.38. The van der Waals surface area contributed by atoms with Crippen molar-refractivity contribution in [1.82, 2.24) is 0 Å². The molecule has 0 nitrogen and oxygen atoms in total. The lowest BCUT2D eigenvalue weighted by Gasteiger charge is -1.93. The van der Waals surface area contributed by atoms with E-state index in [0.717, 1.165) is 12.3 Å². The van der Waals surface area contributed by atoms with E-state index in [1.54, 1.807) is 0 Å². The summed E-state index contributed by atoms with van der Waals surface area (Å²) in [6.07, 6.45) is 3.68. The van der Waals surface area contributed by atoms with Crippen molar-refractivity contribution >= 4 is 27.5 Å². The Labute approximate surface area is 63.7 Å². The van der Waals surface area contributed by atoms with Gasteiger partial charge in [0, 0.05) is 0 Å². The highest BCUT2D eigenvalue weighted by molar-refractivity contribution is 9.10. The van der Waals surface area contributed by atoms with Gasteiger partial charge in [0.1, 0.15) is 3.78 Å². The summed E-state index contributed by atoms with van der Waals surface area (Å²) in [7, 11) is 0. The highest BCUT2D eigenvalue weighted by Crippen LogP contribution is 2.56. The second-order valence-electron chi connectivity index (χ2n) is 2.45. The second-order valence-corrected chi connectivity index (χ2v) is 5.00.